The van der Waals surface area contributed by atoms with Crippen LogP contribution >= 0.6 is 12.2 Å². The molecule has 4 nitrogen and oxygen atoms in total. The molecular formula is C15H23N3OS. The van der Waals surface area contributed by atoms with E-state index in [0.29, 0.717) is 11.5 Å². The van der Waals surface area contributed by atoms with Crippen molar-refractivity contribution in [2.24, 2.45) is 5.73 Å². The Hall–Kier alpha value is -1.62. The number of likely N-dealkylation sites (N-methyl/N-ethyl adjacent to an activating group) is 1. The maximum absolute atomic E-state index is 12.0. The van der Waals surface area contributed by atoms with Crippen LogP contribution in [-0.2, 0) is 4.79 Å². The van der Waals surface area contributed by atoms with Gasteiger partial charge in [-0.25, -0.2) is 0 Å². The topological polar surface area (TPSA) is 49.6 Å². The summed E-state index contributed by atoms with van der Waals surface area (Å²) in [6.45, 7) is 5.23. The monoisotopic (exact) mass is 293 g/mol. The molecule has 2 N–H and O–H groups in total. The molecule has 5 heteroatoms. The number of amides is 1. The Morgan fingerprint density at radius 2 is 2.00 bits per heavy atom. The third-order valence-electron chi connectivity index (χ3n) is 3.14. The Morgan fingerprint density at radius 3 is 2.50 bits per heavy atom. The minimum absolute atomic E-state index is 0.0654. The van der Waals surface area contributed by atoms with Crippen LogP contribution in [0.5, 0.6) is 0 Å². The molecule has 0 fully saturated rings. The van der Waals surface area contributed by atoms with Crippen LogP contribution in [0.4, 0.5) is 5.69 Å². The zero-order valence-electron chi connectivity index (χ0n) is 12.6. The molecular weight excluding hydrogens is 270 g/mol. The Kier molecular flexibility index (Phi) is 5.95. The molecule has 0 aliphatic heterocycles. The maximum Gasteiger partial charge on any atom is 0.241 e. The molecule has 0 atom stereocenters. The zero-order chi connectivity index (χ0) is 15.3. The number of carbonyl (C=O) groups is 1. The number of carbonyl (C=O) groups excluding carboxylic acids is 1. The Morgan fingerprint density at radius 1 is 1.35 bits per heavy atom. The van der Waals surface area contributed by atoms with Gasteiger partial charge in [0.1, 0.15) is 4.99 Å². The highest BCUT2D eigenvalue weighted by Gasteiger charge is 2.18. The first-order chi connectivity index (χ1) is 9.38. The van der Waals surface area contributed by atoms with Gasteiger partial charge in [-0.15, -0.1) is 0 Å². The average Bonchev–Trinajstić information content (AvgIpc) is 2.37. The van der Waals surface area contributed by atoms with Crippen LogP contribution in [0.2, 0.25) is 0 Å². The molecule has 0 spiro atoms. The number of rotatable bonds is 6. The van der Waals surface area contributed by atoms with Crippen LogP contribution in [0.15, 0.2) is 18.2 Å². The van der Waals surface area contributed by atoms with E-state index in [2.05, 4.69) is 11.8 Å². The standard InChI is InChI=1S/C15H23N3OS/c1-5-9-18(10-13(19)17(3)4)14-11(2)7-6-8-12(14)15(16)20/h6-8H,5,9-10H2,1-4H3,(H2,16,20). The van der Waals surface area contributed by atoms with E-state index in [1.54, 1.807) is 19.0 Å². The zero-order valence-corrected chi connectivity index (χ0v) is 13.5. The van der Waals surface area contributed by atoms with E-state index in [1.165, 1.54) is 0 Å². The first kappa shape index (κ1) is 16.4. The van der Waals surface area contributed by atoms with E-state index in [1.807, 2.05) is 25.1 Å². The third kappa shape index (κ3) is 3.93. The van der Waals surface area contributed by atoms with Crippen LogP contribution in [0, 0.1) is 6.92 Å². The number of benzene rings is 1. The van der Waals surface area contributed by atoms with Crippen molar-refractivity contribution < 1.29 is 4.79 Å². The van der Waals surface area contributed by atoms with Crippen LogP contribution in [0.1, 0.15) is 24.5 Å². The molecule has 1 amide bonds. The molecule has 0 saturated heterocycles. The molecule has 1 rings (SSSR count). The number of nitrogens with two attached hydrogens (primary N) is 1. The lowest BCUT2D eigenvalue weighted by molar-refractivity contribution is -0.127. The molecule has 0 aliphatic rings. The average molecular weight is 293 g/mol. The second kappa shape index (κ2) is 7.24. The van der Waals surface area contributed by atoms with Crippen LogP contribution in [0.3, 0.4) is 0 Å². The Bertz CT molecular complexity index is 500. The van der Waals surface area contributed by atoms with Gasteiger partial charge in [0.2, 0.25) is 5.91 Å². The van der Waals surface area contributed by atoms with Gasteiger partial charge in [0.15, 0.2) is 0 Å². The summed E-state index contributed by atoms with van der Waals surface area (Å²) >= 11 is 5.13. The second-order valence-corrected chi connectivity index (χ2v) is 5.48. The summed E-state index contributed by atoms with van der Waals surface area (Å²) in [6, 6.07) is 5.86. The molecule has 1 aromatic rings. The number of anilines is 1. The summed E-state index contributed by atoms with van der Waals surface area (Å²) in [5.41, 5.74) is 8.70. The lowest BCUT2D eigenvalue weighted by Crippen LogP contribution is -2.38. The first-order valence-electron chi connectivity index (χ1n) is 6.73. The van der Waals surface area contributed by atoms with Crippen molar-refractivity contribution in [3.63, 3.8) is 0 Å². The van der Waals surface area contributed by atoms with Crippen molar-refractivity contribution in [2.45, 2.75) is 20.3 Å². The minimum Gasteiger partial charge on any atom is -0.389 e. The summed E-state index contributed by atoms with van der Waals surface area (Å²) in [7, 11) is 3.53. The predicted octanol–water partition coefficient (Wildman–Crippen LogP) is 1.93. The molecule has 0 unspecified atom stereocenters. The summed E-state index contributed by atoms with van der Waals surface area (Å²) in [5.74, 6) is 0.0654. The molecule has 0 heterocycles. The van der Waals surface area contributed by atoms with Gasteiger partial charge in [0, 0.05) is 26.2 Å². The second-order valence-electron chi connectivity index (χ2n) is 5.05. The van der Waals surface area contributed by atoms with Crippen molar-refractivity contribution >= 4 is 28.8 Å². The molecule has 0 aliphatic carbocycles. The van der Waals surface area contributed by atoms with Crippen molar-refractivity contribution in [2.75, 3.05) is 32.1 Å². The first-order valence-corrected chi connectivity index (χ1v) is 7.13. The van der Waals surface area contributed by atoms with E-state index in [9.17, 15) is 4.79 Å². The molecule has 1 aromatic carbocycles. The van der Waals surface area contributed by atoms with Gasteiger partial charge in [-0.3, -0.25) is 4.79 Å². The van der Waals surface area contributed by atoms with Gasteiger partial charge in [0.25, 0.3) is 0 Å². The van der Waals surface area contributed by atoms with Gasteiger partial charge in [-0.05, 0) is 25.0 Å². The normalized spacial score (nSPS) is 10.2. The summed E-state index contributed by atoms with van der Waals surface area (Å²) < 4.78 is 0. The fraction of sp³-hybridized carbons (Fsp3) is 0.467. The highest BCUT2D eigenvalue weighted by atomic mass is 32.1. The maximum atomic E-state index is 12.0. The smallest absolute Gasteiger partial charge is 0.241 e. The van der Waals surface area contributed by atoms with Crippen molar-refractivity contribution in [3.05, 3.63) is 29.3 Å². The van der Waals surface area contributed by atoms with Crippen LogP contribution in [0.25, 0.3) is 0 Å². The fourth-order valence-electron chi connectivity index (χ4n) is 2.12. The molecule has 0 bridgehead atoms. The highest BCUT2D eigenvalue weighted by molar-refractivity contribution is 7.80. The molecule has 110 valence electrons. The Balaban J connectivity index is 3.20. The highest BCUT2D eigenvalue weighted by Crippen LogP contribution is 2.25. The van der Waals surface area contributed by atoms with E-state index in [-0.39, 0.29) is 5.91 Å². The SMILES string of the molecule is CCCN(CC(=O)N(C)C)c1c(C)cccc1C(N)=S. The van der Waals surface area contributed by atoms with Gasteiger partial charge in [-0.1, -0.05) is 31.3 Å². The van der Waals surface area contributed by atoms with E-state index in [0.717, 1.165) is 29.8 Å². The number of hydrogen-bond donors (Lipinski definition) is 1. The lowest BCUT2D eigenvalue weighted by Gasteiger charge is -2.28. The van der Waals surface area contributed by atoms with E-state index >= 15 is 0 Å². The number of para-hydroxylation sites is 1. The Labute approximate surface area is 126 Å². The van der Waals surface area contributed by atoms with Gasteiger partial charge in [0.05, 0.1) is 12.2 Å². The van der Waals surface area contributed by atoms with Crippen LogP contribution < -0.4 is 10.6 Å². The summed E-state index contributed by atoms with van der Waals surface area (Å²) in [6.07, 6.45) is 0.950. The molecule has 0 radical (unpaired) electrons. The molecule has 0 aromatic heterocycles. The van der Waals surface area contributed by atoms with Gasteiger partial charge >= 0.3 is 0 Å². The number of hydrogen-bond acceptors (Lipinski definition) is 3. The van der Waals surface area contributed by atoms with Crippen LogP contribution in [-0.4, -0.2) is 43.0 Å². The summed E-state index contributed by atoms with van der Waals surface area (Å²) in [4.78, 5) is 16.0. The summed E-state index contributed by atoms with van der Waals surface area (Å²) in [5, 5.41) is 0. The van der Waals surface area contributed by atoms with Gasteiger partial charge < -0.3 is 15.5 Å². The largest absolute Gasteiger partial charge is 0.389 e. The number of aryl methyl sites for hydroxylation is 1. The van der Waals surface area contributed by atoms with Crippen molar-refractivity contribution in [3.8, 4) is 0 Å². The van der Waals surface area contributed by atoms with E-state index in [4.69, 9.17) is 18.0 Å². The van der Waals surface area contributed by atoms with E-state index < -0.39 is 0 Å². The number of thiocarbonyl (C=S) groups is 1. The predicted molar refractivity (Wildman–Crippen MR) is 88.3 cm³/mol. The number of nitrogens with zero attached hydrogens (tertiary/aromatic N) is 2. The third-order valence-corrected chi connectivity index (χ3v) is 3.36. The lowest BCUT2D eigenvalue weighted by atomic mass is 10.1. The quantitative estimate of drug-likeness (QED) is 0.814. The minimum atomic E-state index is 0.0654. The van der Waals surface area contributed by atoms with Crippen molar-refractivity contribution in [1.82, 2.24) is 4.90 Å². The fourth-order valence-corrected chi connectivity index (χ4v) is 2.29. The van der Waals surface area contributed by atoms with Crippen molar-refractivity contribution in [1.29, 1.82) is 0 Å². The molecule has 20 heavy (non-hydrogen) atoms. The van der Waals surface area contributed by atoms with Gasteiger partial charge in [-0.2, -0.15) is 0 Å². The molecule has 0 saturated carbocycles.